The number of halogens is 4. The SMILES string of the molecule is CCc1cn(C)c(OCCc2cccc(Oc3ccc(C(F)(F)F)c(Cl)c3)c2)nc1=O. The third-order valence-corrected chi connectivity index (χ3v) is 4.82. The fourth-order valence-corrected chi connectivity index (χ4v) is 3.19. The van der Waals surface area contributed by atoms with E-state index in [0.29, 0.717) is 24.2 Å². The van der Waals surface area contributed by atoms with Crippen molar-refractivity contribution in [2.45, 2.75) is 25.9 Å². The summed E-state index contributed by atoms with van der Waals surface area (Å²) in [7, 11) is 1.75. The fourth-order valence-electron chi connectivity index (χ4n) is 2.91. The molecule has 0 saturated heterocycles. The lowest BCUT2D eigenvalue weighted by atomic mass is 10.1. The normalized spacial score (nSPS) is 11.4. The van der Waals surface area contributed by atoms with Gasteiger partial charge in [0.1, 0.15) is 11.5 Å². The van der Waals surface area contributed by atoms with Crippen LogP contribution in [0.4, 0.5) is 13.2 Å². The van der Waals surface area contributed by atoms with Gasteiger partial charge in [-0.25, -0.2) is 0 Å². The quantitative estimate of drug-likeness (QED) is 0.479. The highest BCUT2D eigenvalue weighted by Gasteiger charge is 2.33. The van der Waals surface area contributed by atoms with Crippen molar-refractivity contribution in [3.8, 4) is 17.5 Å². The molecule has 3 aromatic rings. The van der Waals surface area contributed by atoms with Gasteiger partial charge in [0.25, 0.3) is 11.6 Å². The van der Waals surface area contributed by atoms with Crippen LogP contribution in [-0.2, 0) is 26.1 Å². The Morgan fingerprint density at radius 3 is 2.55 bits per heavy atom. The molecule has 1 aromatic heterocycles. The minimum absolute atomic E-state index is 0.196. The summed E-state index contributed by atoms with van der Waals surface area (Å²) in [5.74, 6) is 0.646. The van der Waals surface area contributed by atoms with Gasteiger partial charge in [-0.1, -0.05) is 30.7 Å². The van der Waals surface area contributed by atoms with E-state index < -0.39 is 16.8 Å². The summed E-state index contributed by atoms with van der Waals surface area (Å²) in [5.41, 5.74) is 0.275. The average Bonchev–Trinajstić information content (AvgIpc) is 2.69. The monoisotopic (exact) mass is 452 g/mol. The van der Waals surface area contributed by atoms with E-state index >= 15 is 0 Å². The molecule has 0 aliphatic rings. The zero-order valence-corrected chi connectivity index (χ0v) is 17.6. The van der Waals surface area contributed by atoms with Gasteiger partial charge in [0.2, 0.25) is 0 Å². The number of benzene rings is 2. The highest BCUT2D eigenvalue weighted by molar-refractivity contribution is 6.31. The molecule has 0 spiro atoms. The lowest BCUT2D eigenvalue weighted by Gasteiger charge is -2.12. The molecule has 2 aromatic carbocycles. The van der Waals surface area contributed by atoms with E-state index in [4.69, 9.17) is 21.1 Å². The minimum atomic E-state index is -4.52. The lowest BCUT2D eigenvalue weighted by molar-refractivity contribution is -0.137. The Morgan fingerprint density at radius 2 is 1.87 bits per heavy atom. The van der Waals surface area contributed by atoms with Gasteiger partial charge < -0.3 is 14.0 Å². The summed E-state index contributed by atoms with van der Waals surface area (Å²) in [6.45, 7) is 2.16. The third kappa shape index (κ3) is 5.79. The first-order chi connectivity index (χ1) is 14.7. The van der Waals surface area contributed by atoms with Crippen LogP contribution < -0.4 is 15.0 Å². The van der Waals surface area contributed by atoms with Crippen molar-refractivity contribution in [2.24, 2.45) is 7.05 Å². The Labute approximate surface area is 182 Å². The molecule has 0 N–H and O–H groups in total. The number of ether oxygens (including phenoxy) is 2. The molecule has 0 radical (unpaired) electrons. The molecule has 0 atom stereocenters. The summed E-state index contributed by atoms with van der Waals surface area (Å²) >= 11 is 5.73. The van der Waals surface area contributed by atoms with E-state index in [1.165, 1.54) is 6.07 Å². The number of aryl methyl sites for hydroxylation is 2. The molecular formula is C22H20ClF3N2O3. The van der Waals surface area contributed by atoms with Crippen LogP contribution in [0.15, 0.2) is 53.5 Å². The first-order valence-electron chi connectivity index (χ1n) is 9.50. The van der Waals surface area contributed by atoms with Crippen molar-refractivity contribution < 1.29 is 22.6 Å². The predicted octanol–water partition coefficient (Wildman–Crippen LogP) is 5.43. The fraction of sp³-hybridized carbons (Fsp3) is 0.273. The Bertz CT molecular complexity index is 1130. The summed E-state index contributed by atoms with van der Waals surface area (Å²) in [6.07, 6.45) is -1.72. The molecule has 31 heavy (non-hydrogen) atoms. The second-order valence-corrected chi connectivity index (χ2v) is 7.21. The number of nitrogens with zero attached hydrogens (tertiary/aromatic N) is 2. The zero-order valence-electron chi connectivity index (χ0n) is 16.9. The molecule has 164 valence electrons. The topological polar surface area (TPSA) is 53.4 Å². The van der Waals surface area contributed by atoms with E-state index in [9.17, 15) is 18.0 Å². The largest absolute Gasteiger partial charge is 0.464 e. The third-order valence-electron chi connectivity index (χ3n) is 4.51. The zero-order chi connectivity index (χ0) is 22.6. The summed E-state index contributed by atoms with van der Waals surface area (Å²) in [5, 5.41) is -0.429. The maximum absolute atomic E-state index is 12.8. The van der Waals surface area contributed by atoms with Gasteiger partial charge in [-0.3, -0.25) is 4.79 Å². The van der Waals surface area contributed by atoms with Crippen molar-refractivity contribution in [1.29, 1.82) is 0 Å². The summed E-state index contributed by atoms with van der Waals surface area (Å²) in [4.78, 5) is 15.8. The number of aromatic nitrogens is 2. The molecular weight excluding hydrogens is 433 g/mol. The first-order valence-corrected chi connectivity index (χ1v) is 9.88. The van der Waals surface area contributed by atoms with E-state index in [1.807, 2.05) is 13.0 Å². The maximum atomic E-state index is 12.8. The molecule has 0 aliphatic carbocycles. The Morgan fingerprint density at radius 1 is 1.13 bits per heavy atom. The predicted molar refractivity (Wildman–Crippen MR) is 111 cm³/mol. The Hall–Kier alpha value is -3.00. The van der Waals surface area contributed by atoms with Crippen LogP contribution in [0.25, 0.3) is 0 Å². The van der Waals surface area contributed by atoms with Crippen molar-refractivity contribution in [3.05, 3.63) is 80.7 Å². The van der Waals surface area contributed by atoms with Crippen LogP contribution in [0, 0.1) is 0 Å². The number of rotatable bonds is 7. The van der Waals surface area contributed by atoms with Crippen molar-refractivity contribution in [3.63, 3.8) is 0 Å². The highest BCUT2D eigenvalue weighted by Crippen LogP contribution is 2.37. The molecule has 0 aliphatic heterocycles. The maximum Gasteiger partial charge on any atom is 0.417 e. The molecule has 1 heterocycles. The second kappa shape index (κ2) is 9.43. The van der Waals surface area contributed by atoms with Crippen LogP contribution in [0.1, 0.15) is 23.6 Å². The molecule has 9 heteroatoms. The van der Waals surface area contributed by atoms with Gasteiger partial charge >= 0.3 is 6.18 Å². The van der Waals surface area contributed by atoms with Crippen molar-refractivity contribution >= 4 is 11.6 Å². The standard InChI is InChI=1S/C22H20ClF3N2O3/c1-3-15-13-28(2)21(27-20(15)29)30-10-9-14-5-4-6-16(11-14)31-17-7-8-18(19(23)12-17)22(24,25)26/h4-8,11-13H,3,9-10H2,1-2H3. The number of alkyl halides is 3. The first kappa shape index (κ1) is 22.7. The minimum Gasteiger partial charge on any atom is -0.464 e. The Kier molecular flexibility index (Phi) is 6.90. The molecule has 0 bridgehead atoms. The van der Waals surface area contributed by atoms with Gasteiger partial charge in [-0.2, -0.15) is 18.2 Å². The van der Waals surface area contributed by atoms with Gasteiger partial charge in [0.15, 0.2) is 0 Å². The summed E-state index contributed by atoms with van der Waals surface area (Å²) in [6, 6.07) is 10.5. The number of hydrogen-bond acceptors (Lipinski definition) is 4. The molecule has 5 nitrogen and oxygen atoms in total. The Balaban J connectivity index is 1.64. The highest BCUT2D eigenvalue weighted by atomic mass is 35.5. The van der Waals surface area contributed by atoms with Gasteiger partial charge in [0.05, 0.1) is 17.2 Å². The van der Waals surface area contributed by atoms with E-state index in [-0.39, 0.29) is 23.9 Å². The van der Waals surface area contributed by atoms with Crippen LogP contribution in [0.5, 0.6) is 17.5 Å². The van der Waals surface area contributed by atoms with Gasteiger partial charge in [-0.15, -0.1) is 0 Å². The van der Waals surface area contributed by atoms with Crippen molar-refractivity contribution in [2.75, 3.05) is 6.61 Å². The van der Waals surface area contributed by atoms with Crippen LogP contribution in [0.2, 0.25) is 5.02 Å². The van der Waals surface area contributed by atoms with Gasteiger partial charge in [0, 0.05) is 31.3 Å². The van der Waals surface area contributed by atoms with E-state index in [0.717, 1.165) is 17.7 Å². The molecule has 3 rings (SSSR count). The molecule has 0 fully saturated rings. The van der Waals surface area contributed by atoms with E-state index in [2.05, 4.69) is 4.98 Å². The lowest BCUT2D eigenvalue weighted by Crippen LogP contribution is -2.19. The molecule has 0 amide bonds. The van der Waals surface area contributed by atoms with Gasteiger partial charge in [-0.05, 0) is 36.2 Å². The smallest absolute Gasteiger partial charge is 0.417 e. The van der Waals surface area contributed by atoms with Crippen LogP contribution in [0.3, 0.4) is 0 Å². The van der Waals surface area contributed by atoms with Crippen LogP contribution in [-0.4, -0.2) is 16.2 Å². The molecule has 0 unspecified atom stereocenters. The molecule has 0 saturated carbocycles. The second-order valence-electron chi connectivity index (χ2n) is 6.81. The van der Waals surface area contributed by atoms with E-state index in [1.54, 1.807) is 36.0 Å². The average molecular weight is 453 g/mol. The van der Waals surface area contributed by atoms with Crippen LogP contribution >= 0.6 is 11.6 Å². The summed E-state index contributed by atoms with van der Waals surface area (Å²) < 4.78 is 51.4. The number of hydrogen-bond donors (Lipinski definition) is 0. The van der Waals surface area contributed by atoms with Crippen molar-refractivity contribution in [1.82, 2.24) is 9.55 Å².